The van der Waals surface area contributed by atoms with Gasteiger partial charge in [0, 0.05) is 0 Å². The summed E-state index contributed by atoms with van der Waals surface area (Å²) in [5.41, 5.74) is 0. The van der Waals surface area contributed by atoms with E-state index in [1.165, 1.54) is 0 Å². The van der Waals surface area contributed by atoms with Crippen LogP contribution in [0.5, 0.6) is 0 Å². The van der Waals surface area contributed by atoms with Crippen molar-refractivity contribution in [2.45, 2.75) is 17.7 Å². The Morgan fingerprint density at radius 2 is 1.88 bits per heavy atom. The van der Waals surface area contributed by atoms with E-state index in [2.05, 4.69) is 4.72 Å². The number of aliphatic hydroxyl groups excluding tert-OH is 2. The zero-order valence-electron chi connectivity index (χ0n) is 8.53. The van der Waals surface area contributed by atoms with Gasteiger partial charge >= 0.3 is 0 Å². The summed E-state index contributed by atoms with van der Waals surface area (Å²) in [6.07, 6.45) is 0.0568. The number of sulfonamides is 1. The monoisotopic (exact) mass is 273 g/mol. The summed E-state index contributed by atoms with van der Waals surface area (Å²) in [6.45, 7) is -1.07. The lowest BCUT2D eigenvalue weighted by Gasteiger charge is -2.16. The van der Waals surface area contributed by atoms with Gasteiger partial charge in [0.2, 0.25) is 10.0 Å². The zero-order chi connectivity index (χ0) is 12.4. The van der Waals surface area contributed by atoms with Crippen molar-refractivity contribution in [3.8, 4) is 0 Å². The molecule has 1 fully saturated rings. The highest BCUT2D eigenvalue weighted by Gasteiger charge is 2.37. The van der Waals surface area contributed by atoms with Crippen molar-refractivity contribution < 1.29 is 27.0 Å². The fourth-order valence-electron chi connectivity index (χ4n) is 1.47. The highest BCUT2D eigenvalue weighted by Crippen LogP contribution is 2.18. The van der Waals surface area contributed by atoms with Gasteiger partial charge in [-0.3, -0.25) is 0 Å². The molecule has 0 saturated carbocycles. The Balaban J connectivity index is 2.72. The molecule has 1 unspecified atom stereocenters. The summed E-state index contributed by atoms with van der Waals surface area (Å²) >= 11 is 0. The standard InChI is InChI=1S/C7H15NO6S2/c9-3-6(4-10)8-16(13,14)7-1-2-15(11,12)5-7/h6-10H,1-5H2. The largest absolute Gasteiger partial charge is 0.395 e. The fourth-order valence-corrected chi connectivity index (χ4v) is 5.73. The van der Waals surface area contributed by atoms with Crippen LogP contribution in [-0.4, -0.2) is 63.1 Å². The molecule has 0 spiro atoms. The van der Waals surface area contributed by atoms with Crippen molar-refractivity contribution >= 4 is 19.9 Å². The first-order valence-electron chi connectivity index (χ1n) is 4.74. The molecule has 0 aromatic rings. The third-order valence-corrected chi connectivity index (χ3v) is 6.32. The van der Waals surface area contributed by atoms with E-state index in [1.807, 2.05) is 0 Å². The Labute approximate surface area is 94.4 Å². The number of sulfone groups is 1. The van der Waals surface area contributed by atoms with Crippen molar-refractivity contribution in [2.75, 3.05) is 24.7 Å². The summed E-state index contributed by atoms with van der Waals surface area (Å²) in [7, 11) is -7.08. The van der Waals surface area contributed by atoms with Gasteiger partial charge in [-0.1, -0.05) is 0 Å². The van der Waals surface area contributed by atoms with Gasteiger partial charge in [-0.15, -0.1) is 0 Å². The molecule has 0 radical (unpaired) electrons. The maximum atomic E-state index is 11.7. The molecule has 7 nitrogen and oxygen atoms in total. The SMILES string of the molecule is O=S1(=O)CCC(S(=O)(=O)NC(CO)CO)C1. The molecule has 3 N–H and O–H groups in total. The van der Waals surface area contributed by atoms with Crippen LogP contribution in [0.15, 0.2) is 0 Å². The molecule has 1 saturated heterocycles. The van der Waals surface area contributed by atoms with Gasteiger partial charge in [0.15, 0.2) is 9.84 Å². The van der Waals surface area contributed by atoms with Gasteiger partial charge in [-0.05, 0) is 6.42 Å². The molecule has 96 valence electrons. The highest BCUT2D eigenvalue weighted by molar-refractivity contribution is 7.95. The Hall–Kier alpha value is -0.220. The molecule has 0 aliphatic carbocycles. The molecule has 0 bridgehead atoms. The average molecular weight is 273 g/mol. The number of hydrogen-bond donors (Lipinski definition) is 3. The fraction of sp³-hybridized carbons (Fsp3) is 1.00. The molecule has 1 aliphatic heterocycles. The van der Waals surface area contributed by atoms with E-state index in [-0.39, 0.29) is 12.2 Å². The molecule has 1 atom stereocenters. The molecule has 1 rings (SSSR count). The molecule has 1 aliphatic rings. The van der Waals surface area contributed by atoms with Crippen LogP contribution >= 0.6 is 0 Å². The van der Waals surface area contributed by atoms with Gasteiger partial charge in [-0.2, -0.15) is 0 Å². The predicted molar refractivity (Wildman–Crippen MR) is 57.1 cm³/mol. The number of aliphatic hydroxyl groups is 2. The topological polar surface area (TPSA) is 121 Å². The summed E-state index contributed by atoms with van der Waals surface area (Å²) in [4.78, 5) is 0. The van der Waals surface area contributed by atoms with E-state index in [0.29, 0.717) is 0 Å². The maximum absolute atomic E-state index is 11.7. The minimum atomic E-state index is -3.80. The van der Waals surface area contributed by atoms with Crippen LogP contribution in [0.3, 0.4) is 0 Å². The van der Waals surface area contributed by atoms with E-state index < -0.39 is 50.1 Å². The van der Waals surface area contributed by atoms with Crippen LogP contribution < -0.4 is 4.72 Å². The molecule has 0 aromatic carbocycles. The predicted octanol–water partition coefficient (Wildman–Crippen LogP) is -2.55. The second-order valence-corrected chi connectivity index (χ2v) is 7.97. The second-order valence-electron chi connectivity index (χ2n) is 3.75. The Morgan fingerprint density at radius 1 is 1.31 bits per heavy atom. The quantitative estimate of drug-likeness (QED) is 0.507. The maximum Gasteiger partial charge on any atom is 0.215 e. The lowest BCUT2D eigenvalue weighted by Crippen LogP contribution is -2.45. The van der Waals surface area contributed by atoms with Crippen molar-refractivity contribution in [3.05, 3.63) is 0 Å². The third-order valence-electron chi connectivity index (χ3n) is 2.40. The van der Waals surface area contributed by atoms with E-state index in [4.69, 9.17) is 10.2 Å². The van der Waals surface area contributed by atoms with Gasteiger partial charge in [-0.25, -0.2) is 21.6 Å². The molecule has 0 amide bonds. The second kappa shape index (κ2) is 4.96. The van der Waals surface area contributed by atoms with E-state index in [1.54, 1.807) is 0 Å². The van der Waals surface area contributed by atoms with Gasteiger partial charge in [0.25, 0.3) is 0 Å². The van der Waals surface area contributed by atoms with Crippen LogP contribution in [0.1, 0.15) is 6.42 Å². The van der Waals surface area contributed by atoms with Gasteiger partial charge in [0.1, 0.15) is 0 Å². The van der Waals surface area contributed by atoms with Crippen LogP contribution in [0, 0.1) is 0 Å². The Bertz CT molecular complexity index is 424. The summed E-state index contributed by atoms with van der Waals surface area (Å²) in [5, 5.41) is 16.5. The highest BCUT2D eigenvalue weighted by atomic mass is 32.2. The van der Waals surface area contributed by atoms with Crippen LogP contribution in [-0.2, 0) is 19.9 Å². The molecule has 16 heavy (non-hydrogen) atoms. The van der Waals surface area contributed by atoms with Crippen molar-refractivity contribution in [1.29, 1.82) is 0 Å². The minimum Gasteiger partial charge on any atom is -0.395 e. The van der Waals surface area contributed by atoms with Gasteiger partial charge < -0.3 is 10.2 Å². The first-order valence-corrected chi connectivity index (χ1v) is 8.11. The molecular weight excluding hydrogens is 258 g/mol. The molecule has 0 aromatic heterocycles. The Morgan fingerprint density at radius 3 is 2.25 bits per heavy atom. The van der Waals surface area contributed by atoms with Crippen molar-refractivity contribution in [1.82, 2.24) is 4.72 Å². The van der Waals surface area contributed by atoms with Crippen LogP contribution in [0.25, 0.3) is 0 Å². The van der Waals surface area contributed by atoms with Crippen molar-refractivity contribution in [3.63, 3.8) is 0 Å². The number of rotatable bonds is 5. The minimum absolute atomic E-state index is 0.0568. The van der Waals surface area contributed by atoms with Crippen LogP contribution in [0.4, 0.5) is 0 Å². The lowest BCUT2D eigenvalue weighted by atomic mass is 10.4. The lowest BCUT2D eigenvalue weighted by molar-refractivity contribution is 0.184. The number of nitrogens with one attached hydrogen (secondary N) is 1. The summed E-state index contributed by atoms with van der Waals surface area (Å²) in [5.74, 6) is -0.534. The zero-order valence-corrected chi connectivity index (χ0v) is 10.2. The summed E-state index contributed by atoms with van der Waals surface area (Å²) in [6, 6.07) is -0.978. The Kier molecular flexibility index (Phi) is 4.29. The molecule has 1 heterocycles. The first kappa shape index (κ1) is 13.8. The van der Waals surface area contributed by atoms with E-state index in [0.717, 1.165) is 0 Å². The average Bonchev–Trinajstić information content (AvgIpc) is 2.56. The molecular formula is C7H15NO6S2. The van der Waals surface area contributed by atoms with Crippen LogP contribution in [0.2, 0.25) is 0 Å². The first-order chi connectivity index (χ1) is 7.30. The van der Waals surface area contributed by atoms with E-state index >= 15 is 0 Å². The van der Waals surface area contributed by atoms with E-state index in [9.17, 15) is 16.8 Å². The normalized spacial score (nSPS) is 25.1. The molecule has 9 heteroatoms. The smallest absolute Gasteiger partial charge is 0.215 e. The number of hydrogen-bond acceptors (Lipinski definition) is 6. The van der Waals surface area contributed by atoms with Crippen molar-refractivity contribution in [2.24, 2.45) is 0 Å². The third kappa shape index (κ3) is 3.39. The summed E-state index contributed by atoms with van der Waals surface area (Å²) < 4.78 is 47.6. The van der Waals surface area contributed by atoms with Gasteiger partial charge in [0.05, 0.1) is 36.0 Å².